The highest BCUT2D eigenvalue weighted by atomic mass is 16.7. The number of esters is 4. The van der Waals surface area contributed by atoms with Gasteiger partial charge in [-0.2, -0.15) is 0 Å². The molecule has 2 saturated heterocycles. The normalized spacial score (nSPS) is 36.5. The molecule has 0 aromatic carbocycles. The van der Waals surface area contributed by atoms with E-state index in [1.807, 2.05) is 55.4 Å². The van der Waals surface area contributed by atoms with E-state index in [2.05, 4.69) is 64.2 Å². The third kappa shape index (κ3) is 12.2. The summed E-state index contributed by atoms with van der Waals surface area (Å²) in [7, 11) is 0. The lowest BCUT2D eigenvalue weighted by atomic mass is 9.65. The van der Waals surface area contributed by atoms with Gasteiger partial charge >= 0.3 is 23.9 Å². The number of allylic oxidation sites excluding steroid dienone is 6. The van der Waals surface area contributed by atoms with Crippen molar-refractivity contribution < 1.29 is 47.6 Å². The fourth-order valence-corrected chi connectivity index (χ4v) is 11.1. The summed E-state index contributed by atoms with van der Waals surface area (Å²) in [5.74, 6) is -0.0418. The molecule has 2 aliphatic heterocycles. The molecule has 0 aromatic heterocycles. The minimum atomic E-state index is -0.888. The van der Waals surface area contributed by atoms with Gasteiger partial charge in [0.1, 0.15) is 24.4 Å². The molecule has 6 rings (SSSR count). The van der Waals surface area contributed by atoms with Crippen LogP contribution in [0.4, 0.5) is 0 Å². The van der Waals surface area contributed by atoms with Gasteiger partial charge in [0.2, 0.25) is 0 Å². The summed E-state index contributed by atoms with van der Waals surface area (Å²) < 4.78 is 37.4. The quantitative estimate of drug-likeness (QED) is 0.116. The van der Waals surface area contributed by atoms with Crippen molar-refractivity contribution >= 4 is 23.9 Å². The molecule has 0 saturated carbocycles. The van der Waals surface area contributed by atoms with Crippen molar-refractivity contribution in [3.8, 4) is 0 Å². The molecule has 0 aromatic rings. The smallest absolute Gasteiger partial charge is 0.311 e. The van der Waals surface area contributed by atoms with Crippen molar-refractivity contribution in [3.05, 3.63) is 47.6 Å². The van der Waals surface area contributed by atoms with Crippen molar-refractivity contribution in [1.82, 2.24) is 0 Å². The SMILES string of the molecule is CCC(C)(C)C(=O)O[C@H]1C[C@@H](C)C=C2C=C[C@H](C)[C@H](CC[C@@H]3C[C@@H](OC(=O)C[C@H]4C[C@@H](CC[C@@H]5[C@@H]6C(=C[C@H](C)C[C@@H]6OC(=O)C(C)(C)CC)C=C[C@@H]5C)OC(C)(C)O4)CC(=O)O3)[C@H]21. The van der Waals surface area contributed by atoms with Crippen molar-refractivity contribution in [2.75, 3.05) is 0 Å². The summed E-state index contributed by atoms with van der Waals surface area (Å²) >= 11 is 0. The second kappa shape index (κ2) is 20.1. The molecular weight excluding hydrogens is 797 g/mol. The maximum absolute atomic E-state index is 13.6. The van der Waals surface area contributed by atoms with E-state index in [-0.39, 0.29) is 90.7 Å². The third-order valence-corrected chi connectivity index (χ3v) is 15.6. The molecule has 0 bridgehead atoms. The second-order valence-electron chi connectivity index (χ2n) is 22.1. The van der Waals surface area contributed by atoms with Gasteiger partial charge < -0.3 is 28.4 Å². The molecule has 6 aliphatic rings. The number of hydrogen-bond donors (Lipinski definition) is 0. The van der Waals surface area contributed by atoms with E-state index in [1.165, 1.54) is 11.1 Å². The van der Waals surface area contributed by atoms with Crippen LogP contribution < -0.4 is 0 Å². The zero-order valence-corrected chi connectivity index (χ0v) is 40.6. The van der Waals surface area contributed by atoms with Crippen LogP contribution in [0.3, 0.4) is 0 Å². The molecule has 0 amide bonds. The lowest BCUT2D eigenvalue weighted by Gasteiger charge is -2.45. The summed E-state index contributed by atoms with van der Waals surface area (Å²) in [4.78, 5) is 53.2. The number of hydrogen-bond acceptors (Lipinski definition) is 10. The van der Waals surface area contributed by atoms with Gasteiger partial charge in [-0.1, -0.05) is 78.0 Å². The Bertz CT molecular complexity index is 1780. The molecule has 0 unspecified atom stereocenters. The average molecular weight is 877 g/mol. The summed E-state index contributed by atoms with van der Waals surface area (Å²) in [5.41, 5.74) is 1.41. The molecule has 2 fully saturated rings. The monoisotopic (exact) mass is 877 g/mol. The molecular formula is C53H80O10. The van der Waals surface area contributed by atoms with Gasteiger partial charge in [-0.25, -0.2) is 0 Å². The topological polar surface area (TPSA) is 124 Å². The van der Waals surface area contributed by atoms with Crippen LogP contribution >= 0.6 is 0 Å². The average Bonchev–Trinajstić information content (AvgIpc) is 3.19. The van der Waals surface area contributed by atoms with E-state index in [0.717, 1.165) is 38.5 Å². The molecule has 14 atom stereocenters. The van der Waals surface area contributed by atoms with Crippen LogP contribution in [0.2, 0.25) is 0 Å². The zero-order chi connectivity index (χ0) is 46.0. The minimum absolute atomic E-state index is 0.0306. The van der Waals surface area contributed by atoms with E-state index in [0.29, 0.717) is 43.4 Å². The van der Waals surface area contributed by atoms with Gasteiger partial charge in [-0.15, -0.1) is 0 Å². The molecule has 10 heteroatoms. The Morgan fingerprint density at radius 3 is 1.63 bits per heavy atom. The Kier molecular flexibility index (Phi) is 15.7. The summed E-state index contributed by atoms with van der Waals surface area (Å²) in [6.07, 6.45) is 19.0. The minimum Gasteiger partial charge on any atom is -0.462 e. The highest BCUT2D eigenvalue weighted by Gasteiger charge is 2.46. The molecule has 0 radical (unpaired) electrons. The number of cyclic esters (lactones) is 1. The lowest BCUT2D eigenvalue weighted by Crippen LogP contribution is -2.46. The first-order valence-electron chi connectivity index (χ1n) is 24.5. The van der Waals surface area contributed by atoms with Crippen LogP contribution in [0.1, 0.15) is 160 Å². The molecule has 0 N–H and O–H groups in total. The van der Waals surface area contributed by atoms with Crippen LogP contribution in [0.25, 0.3) is 0 Å². The largest absolute Gasteiger partial charge is 0.462 e. The van der Waals surface area contributed by atoms with Crippen LogP contribution in [-0.2, 0) is 47.6 Å². The van der Waals surface area contributed by atoms with Crippen molar-refractivity contribution in [2.45, 2.75) is 203 Å². The Labute approximate surface area is 378 Å². The Morgan fingerprint density at radius 1 is 0.667 bits per heavy atom. The van der Waals surface area contributed by atoms with Crippen LogP contribution in [0.5, 0.6) is 0 Å². The first kappa shape index (κ1) is 49.2. The van der Waals surface area contributed by atoms with E-state index < -0.39 is 28.8 Å². The van der Waals surface area contributed by atoms with Crippen molar-refractivity contribution in [1.29, 1.82) is 0 Å². The predicted molar refractivity (Wildman–Crippen MR) is 243 cm³/mol. The van der Waals surface area contributed by atoms with E-state index in [4.69, 9.17) is 28.4 Å². The molecule has 2 heterocycles. The van der Waals surface area contributed by atoms with Gasteiger partial charge in [-0.05, 0) is 140 Å². The summed E-state index contributed by atoms with van der Waals surface area (Å²) in [6, 6.07) is 0. The van der Waals surface area contributed by atoms with Crippen molar-refractivity contribution in [2.24, 2.45) is 58.2 Å². The second-order valence-corrected chi connectivity index (χ2v) is 22.1. The summed E-state index contributed by atoms with van der Waals surface area (Å²) in [5, 5.41) is 0. The first-order valence-corrected chi connectivity index (χ1v) is 24.5. The van der Waals surface area contributed by atoms with Gasteiger partial charge in [0, 0.05) is 24.7 Å². The predicted octanol–water partition coefficient (Wildman–Crippen LogP) is 11.0. The number of carbonyl (C=O) groups is 4. The molecule has 352 valence electrons. The first-order chi connectivity index (χ1) is 29.6. The van der Waals surface area contributed by atoms with E-state index >= 15 is 0 Å². The maximum Gasteiger partial charge on any atom is 0.311 e. The van der Waals surface area contributed by atoms with E-state index in [9.17, 15) is 19.2 Å². The maximum atomic E-state index is 13.6. The zero-order valence-electron chi connectivity index (χ0n) is 40.6. The molecule has 4 aliphatic carbocycles. The third-order valence-electron chi connectivity index (χ3n) is 15.6. The molecule has 63 heavy (non-hydrogen) atoms. The number of rotatable bonds is 15. The van der Waals surface area contributed by atoms with Gasteiger partial charge in [0.15, 0.2) is 5.79 Å². The van der Waals surface area contributed by atoms with Gasteiger partial charge in [0.05, 0.1) is 35.9 Å². The standard InChI is InChI=1S/C53H80O10/c1-13-51(7,8)49(56)60-43-25-31(3)23-35-17-15-33(5)41(47(35)43)21-19-37-27-39(29-45(54)58-37)59-46(55)30-40-28-38(62-53(11,12)63-40)20-22-42-34(6)16-18-36-24-32(4)26-44(48(36)42)61-50(57)52(9,10)14-2/h15-18,23-24,31-34,37-44,47-48H,13-14,19-22,25-30H2,1-12H3/t31-,32-,33-,34-,37+,38+,39+,40+,41-,42-,43-,44-,47-,48-/m0/s1. The van der Waals surface area contributed by atoms with Crippen LogP contribution in [0, 0.1) is 58.2 Å². The van der Waals surface area contributed by atoms with Crippen LogP contribution in [0.15, 0.2) is 47.6 Å². The molecule has 10 nitrogen and oxygen atoms in total. The van der Waals surface area contributed by atoms with E-state index in [1.54, 1.807) is 0 Å². The van der Waals surface area contributed by atoms with Gasteiger partial charge in [0.25, 0.3) is 0 Å². The van der Waals surface area contributed by atoms with Crippen molar-refractivity contribution in [3.63, 3.8) is 0 Å². The Balaban J connectivity index is 1.04. The number of fused-ring (bicyclic) bond motifs is 2. The van der Waals surface area contributed by atoms with Gasteiger partial charge in [-0.3, -0.25) is 19.2 Å². The molecule has 0 spiro atoms. The highest BCUT2D eigenvalue weighted by molar-refractivity contribution is 5.76. The Hall–Kier alpha value is -3.24. The Morgan fingerprint density at radius 2 is 1.14 bits per heavy atom. The summed E-state index contributed by atoms with van der Waals surface area (Å²) in [6.45, 7) is 24.5. The number of carbonyl (C=O) groups excluding carboxylic acids is 4. The van der Waals surface area contributed by atoms with Crippen LogP contribution in [-0.4, -0.2) is 66.3 Å². The fourth-order valence-electron chi connectivity index (χ4n) is 11.1. The fraction of sp³-hybridized carbons (Fsp3) is 0.774. The number of ether oxygens (including phenoxy) is 6. The lowest BCUT2D eigenvalue weighted by molar-refractivity contribution is -0.301. The highest BCUT2D eigenvalue weighted by Crippen LogP contribution is 2.48.